The van der Waals surface area contributed by atoms with Gasteiger partial charge in [-0.3, -0.25) is 0 Å². The fraction of sp³-hybridized carbons (Fsp3) is 0.462. The minimum atomic E-state index is -0.212. The zero-order valence-electron chi connectivity index (χ0n) is 9.69. The van der Waals surface area contributed by atoms with Gasteiger partial charge in [-0.1, -0.05) is 32.0 Å². The second-order valence-electron chi connectivity index (χ2n) is 4.58. The maximum atomic E-state index is 11.7. The van der Waals surface area contributed by atoms with E-state index < -0.39 is 0 Å². The maximum Gasteiger partial charge on any atom is 0.328 e. The summed E-state index contributed by atoms with van der Waals surface area (Å²) in [6.45, 7) is 4.56. The highest BCUT2D eigenvalue weighted by Gasteiger charge is 2.27. The molecule has 0 aromatic heterocycles. The minimum Gasteiger partial charge on any atom is -0.464 e. The second-order valence-corrected chi connectivity index (χ2v) is 4.58. The van der Waals surface area contributed by atoms with Gasteiger partial charge in [0.15, 0.2) is 0 Å². The van der Waals surface area contributed by atoms with Crippen molar-refractivity contribution in [2.24, 2.45) is 5.92 Å². The number of hydrogen-bond donors (Lipinski definition) is 1. The van der Waals surface area contributed by atoms with E-state index in [1.54, 1.807) is 0 Å². The molecule has 1 aliphatic rings. The van der Waals surface area contributed by atoms with Crippen LogP contribution in [0.2, 0.25) is 0 Å². The van der Waals surface area contributed by atoms with E-state index in [1.807, 2.05) is 38.1 Å². The molecule has 0 radical (unpaired) electrons. The van der Waals surface area contributed by atoms with Crippen molar-refractivity contribution in [1.29, 1.82) is 0 Å². The Morgan fingerprint density at radius 3 is 2.94 bits per heavy atom. The van der Waals surface area contributed by atoms with Gasteiger partial charge in [0.05, 0.1) is 6.61 Å². The molecule has 1 aromatic carbocycles. The summed E-state index contributed by atoms with van der Waals surface area (Å²) in [6.07, 6.45) is 0.729. The van der Waals surface area contributed by atoms with Gasteiger partial charge in [-0.2, -0.15) is 0 Å². The molecule has 1 aliphatic heterocycles. The Hall–Kier alpha value is -1.51. The smallest absolute Gasteiger partial charge is 0.328 e. The summed E-state index contributed by atoms with van der Waals surface area (Å²) in [7, 11) is 0. The molecule has 2 rings (SSSR count). The van der Waals surface area contributed by atoms with Gasteiger partial charge in [0, 0.05) is 12.1 Å². The molecule has 0 fully saturated rings. The van der Waals surface area contributed by atoms with Crippen LogP contribution in [0.15, 0.2) is 24.3 Å². The molecule has 1 N–H and O–H groups in total. The van der Waals surface area contributed by atoms with Crippen LogP contribution < -0.4 is 5.32 Å². The van der Waals surface area contributed by atoms with E-state index in [1.165, 1.54) is 5.56 Å². The molecule has 1 atom stereocenters. The number of anilines is 1. The molecule has 0 saturated heterocycles. The number of fused-ring (bicyclic) bond motifs is 1. The van der Waals surface area contributed by atoms with E-state index >= 15 is 0 Å². The lowest BCUT2D eigenvalue weighted by Gasteiger charge is -2.12. The Morgan fingerprint density at radius 1 is 1.50 bits per heavy atom. The quantitative estimate of drug-likeness (QED) is 0.792. The largest absolute Gasteiger partial charge is 0.464 e. The summed E-state index contributed by atoms with van der Waals surface area (Å²) in [6, 6.07) is 7.77. The fourth-order valence-electron chi connectivity index (χ4n) is 1.79. The van der Waals surface area contributed by atoms with E-state index in [2.05, 4.69) is 5.32 Å². The van der Waals surface area contributed by atoms with Crippen molar-refractivity contribution in [3.05, 3.63) is 29.8 Å². The summed E-state index contributed by atoms with van der Waals surface area (Å²) >= 11 is 0. The van der Waals surface area contributed by atoms with E-state index in [4.69, 9.17) is 4.74 Å². The van der Waals surface area contributed by atoms with Gasteiger partial charge in [-0.15, -0.1) is 0 Å². The van der Waals surface area contributed by atoms with Crippen LogP contribution in [-0.2, 0) is 16.0 Å². The predicted octanol–water partition coefficient (Wildman–Crippen LogP) is 2.22. The highest BCUT2D eigenvalue weighted by atomic mass is 16.5. The van der Waals surface area contributed by atoms with Gasteiger partial charge in [-0.05, 0) is 17.5 Å². The highest BCUT2D eigenvalue weighted by Crippen LogP contribution is 2.25. The minimum absolute atomic E-state index is 0.148. The third-order valence-corrected chi connectivity index (χ3v) is 2.61. The molecule has 1 aromatic rings. The topological polar surface area (TPSA) is 38.3 Å². The van der Waals surface area contributed by atoms with Crippen molar-refractivity contribution in [3.63, 3.8) is 0 Å². The fourth-order valence-corrected chi connectivity index (χ4v) is 1.79. The van der Waals surface area contributed by atoms with E-state index in [9.17, 15) is 4.79 Å². The molecule has 1 heterocycles. The molecule has 0 saturated carbocycles. The number of hydrogen-bond acceptors (Lipinski definition) is 3. The van der Waals surface area contributed by atoms with Gasteiger partial charge in [0.1, 0.15) is 6.04 Å². The van der Waals surface area contributed by atoms with E-state index in [0.717, 1.165) is 12.1 Å². The Kier molecular flexibility index (Phi) is 3.13. The zero-order valence-corrected chi connectivity index (χ0v) is 9.69. The van der Waals surface area contributed by atoms with Crippen LogP contribution in [0, 0.1) is 5.92 Å². The molecule has 0 bridgehead atoms. The summed E-state index contributed by atoms with van der Waals surface area (Å²) in [4.78, 5) is 11.7. The Bertz CT molecular complexity index is 362. The SMILES string of the molecule is CC(C)COC(=O)[C@@H]1Cc2ccccc2N1. The number of rotatable bonds is 3. The first-order valence-corrected chi connectivity index (χ1v) is 5.68. The van der Waals surface area contributed by atoms with Crippen molar-refractivity contribution in [3.8, 4) is 0 Å². The van der Waals surface area contributed by atoms with Crippen LogP contribution in [0.5, 0.6) is 0 Å². The van der Waals surface area contributed by atoms with Crippen molar-refractivity contribution in [1.82, 2.24) is 0 Å². The first-order valence-electron chi connectivity index (χ1n) is 5.68. The lowest BCUT2D eigenvalue weighted by Crippen LogP contribution is -2.30. The summed E-state index contributed by atoms with van der Waals surface area (Å²) in [5, 5.41) is 3.18. The van der Waals surface area contributed by atoms with Gasteiger partial charge < -0.3 is 10.1 Å². The van der Waals surface area contributed by atoms with E-state index in [-0.39, 0.29) is 12.0 Å². The van der Waals surface area contributed by atoms with Crippen LogP contribution in [0.3, 0.4) is 0 Å². The number of nitrogens with one attached hydrogen (secondary N) is 1. The van der Waals surface area contributed by atoms with Crippen molar-refractivity contribution in [2.45, 2.75) is 26.3 Å². The third-order valence-electron chi connectivity index (χ3n) is 2.61. The normalized spacial score (nSPS) is 18.1. The Balaban J connectivity index is 1.93. The van der Waals surface area contributed by atoms with Crippen LogP contribution in [0.4, 0.5) is 5.69 Å². The third kappa shape index (κ3) is 2.35. The lowest BCUT2D eigenvalue weighted by atomic mass is 10.1. The predicted molar refractivity (Wildman–Crippen MR) is 63.4 cm³/mol. The number of benzene rings is 1. The highest BCUT2D eigenvalue weighted by molar-refractivity contribution is 5.82. The average Bonchev–Trinajstić information content (AvgIpc) is 2.69. The number of para-hydroxylation sites is 1. The van der Waals surface area contributed by atoms with Crippen LogP contribution in [0.1, 0.15) is 19.4 Å². The summed E-state index contributed by atoms with van der Waals surface area (Å²) in [5.74, 6) is 0.234. The van der Waals surface area contributed by atoms with Crippen molar-refractivity contribution in [2.75, 3.05) is 11.9 Å². The zero-order chi connectivity index (χ0) is 11.5. The standard InChI is InChI=1S/C13H17NO2/c1-9(2)8-16-13(15)12-7-10-5-3-4-6-11(10)14-12/h3-6,9,12,14H,7-8H2,1-2H3/t12-/m0/s1. The van der Waals surface area contributed by atoms with Crippen molar-refractivity contribution < 1.29 is 9.53 Å². The second kappa shape index (κ2) is 4.56. The monoisotopic (exact) mass is 219 g/mol. The molecule has 16 heavy (non-hydrogen) atoms. The number of carbonyl (C=O) groups is 1. The lowest BCUT2D eigenvalue weighted by molar-refractivity contribution is -0.145. The van der Waals surface area contributed by atoms with Gasteiger partial charge in [0.2, 0.25) is 0 Å². The van der Waals surface area contributed by atoms with Crippen LogP contribution >= 0.6 is 0 Å². The molecular weight excluding hydrogens is 202 g/mol. The van der Waals surface area contributed by atoms with Gasteiger partial charge in [0.25, 0.3) is 0 Å². The van der Waals surface area contributed by atoms with Gasteiger partial charge in [-0.25, -0.2) is 4.79 Å². The average molecular weight is 219 g/mol. The molecular formula is C13H17NO2. The molecule has 86 valence electrons. The number of ether oxygens (including phenoxy) is 1. The first kappa shape index (κ1) is 11.0. The van der Waals surface area contributed by atoms with E-state index in [0.29, 0.717) is 12.5 Å². The molecule has 0 spiro atoms. The number of esters is 1. The summed E-state index contributed by atoms with van der Waals surface area (Å²) in [5.41, 5.74) is 2.24. The molecule has 3 heteroatoms. The van der Waals surface area contributed by atoms with Crippen LogP contribution in [0.25, 0.3) is 0 Å². The Morgan fingerprint density at radius 2 is 2.25 bits per heavy atom. The first-order chi connectivity index (χ1) is 7.66. The molecule has 0 aliphatic carbocycles. The van der Waals surface area contributed by atoms with Crippen LogP contribution in [-0.4, -0.2) is 18.6 Å². The molecule has 0 amide bonds. The van der Waals surface area contributed by atoms with Crippen molar-refractivity contribution >= 4 is 11.7 Å². The summed E-state index contributed by atoms with van der Waals surface area (Å²) < 4.78 is 5.22. The molecule has 0 unspecified atom stereocenters. The van der Waals surface area contributed by atoms with Gasteiger partial charge >= 0.3 is 5.97 Å². The molecule has 3 nitrogen and oxygen atoms in total. The number of carbonyl (C=O) groups excluding carboxylic acids is 1. The Labute approximate surface area is 95.8 Å². The maximum absolute atomic E-state index is 11.7.